The Balaban J connectivity index is 1.91. The van der Waals surface area contributed by atoms with E-state index in [9.17, 15) is 4.79 Å². The summed E-state index contributed by atoms with van der Waals surface area (Å²) in [5, 5.41) is 5.64. The van der Waals surface area contributed by atoms with E-state index in [0.717, 1.165) is 36.9 Å². The van der Waals surface area contributed by atoms with Crippen LogP contribution < -0.4 is 5.32 Å². The lowest BCUT2D eigenvalue weighted by atomic mass is 9.90. The maximum absolute atomic E-state index is 12.4. The number of fused-ring (bicyclic) bond motifs is 1. The Bertz CT molecular complexity index is 570. The molecule has 2 aromatic carbocycles. The first-order chi connectivity index (χ1) is 8.84. The SMILES string of the molecule is O=C(c1ccc2ccccc2c1)[C@H]1CCCNC1. The quantitative estimate of drug-likeness (QED) is 0.816. The van der Waals surface area contributed by atoms with Crippen molar-refractivity contribution < 1.29 is 4.79 Å². The summed E-state index contributed by atoms with van der Waals surface area (Å²) in [7, 11) is 0. The molecule has 0 unspecified atom stereocenters. The van der Waals surface area contributed by atoms with Crippen molar-refractivity contribution in [3.8, 4) is 0 Å². The van der Waals surface area contributed by atoms with Gasteiger partial charge in [0, 0.05) is 18.0 Å². The van der Waals surface area contributed by atoms with Crippen molar-refractivity contribution >= 4 is 16.6 Å². The number of benzene rings is 2. The van der Waals surface area contributed by atoms with Gasteiger partial charge in [-0.1, -0.05) is 36.4 Å². The second kappa shape index (κ2) is 4.91. The monoisotopic (exact) mass is 239 g/mol. The minimum Gasteiger partial charge on any atom is -0.316 e. The molecule has 0 radical (unpaired) electrons. The summed E-state index contributed by atoms with van der Waals surface area (Å²) in [4.78, 5) is 12.4. The first kappa shape index (κ1) is 11.4. The van der Waals surface area contributed by atoms with Crippen LogP contribution in [0.1, 0.15) is 23.2 Å². The van der Waals surface area contributed by atoms with Crippen LogP contribution in [0.3, 0.4) is 0 Å². The first-order valence-corrected chi connectivity index (χ1v) is 6.58. The van der Waals surface area contributed by atoms with Crippen LogP contribution >= 0.6 is 0 Å². The second-order valence-corrected chi connectivity index (χ2v) is 4.97. The number of carbonyl (C=O) groups excluding carboxylic acids is 1. The minimum atomic E-state index is 0.153. The maximum Gasteiger partial charge on any atom is 0.167 e. The third-order valence-electron chi connectivity index (χ3n) is 3.70. The summed E-state index contributed by atoms with van der Waals surface area (Å²) in [6.07, 6.45) is 2.11. The largest absolute Gasteiger partial charge is 0.316 e. The zero-order valence-corrected chi connectivity index (χ0v) is 10.4. The first-order valence-electron chi connectivity index (χ1n) is 6.58. The molecule has 2 nitrogen and oxygen atoms in total. The van der Waals surface area contributed by atoms with Crippen molar-refractivity contribution in [2.45, 2.75) is 12.8 Å². The Labute approximate surface area is 107 Å². The highest BCUT2D eigenvalue weighted by atomic mass is 16.1. The van der Waals surface area contributed by atoms with Gasteiger partial charge in [0.1, 0.15) is 0 Å². The molecule has 18 heavy (non-hydrogen) atoms. The van der Waals surface area contributed by atoms with Gasteiger partial charge in [0.05, 0.1) is 0 Å². The van der Waals surface area contributed by atoms with Crippen molar-refractivity contribution in [2.75, 3.05) is 13.1 Å². The molecule has 3 rings (SSSR count). The normalized spacial score (nSPS) is 19.9. The van der Waals surface area contributed by atoms with E-state index >= 15 is 0 Å². The zero-order chi connectivity index (χ0) is 12.4. The summed E-state index contributed by atoms with van der Waals surface area (Å²) >= 11 is 0. The van der Waals surface area contributed by atoms with Gasteiger partial charge in [-0.3, -0.25) is 4.79 Å². The van der Waals surface area contributed by atoms with E-state index in [1.54, 1.807) is 0 Å². The van der Waals surface area contributed by atoms with Gasteiger partial charge in [-0.25, -0.2) is 0 Å². The van der Waals surface area contributed by atoms with Gasteiger partial charge >= 0.3 is 0 Å². The molecule has 2 aromatic rings. The maximum atomic E-state index is 12.4. The molecule has 1 aliphatic heterocycles. The number of rotatable bonds is 2. The lowest BCUT2D eigenvalue weighted by Gasteiger charge is -2.21. The Morgan fingerprint density at radius 2 is 1.94 bits per heavy atom. The number of nitrogens with one attached hydrogen (secondary N) is 1. The van der Waals surface area contributed by atoms with E-state index in [0.29, 0.717) is 0 Å². The third kappa shape index (κ3) is 2.16. The molecule has 92 valence electrons. The van der Waals surface area contributed by atoms with Crippen molar-refractivity contribution in [1.29, 1.82) is 0 Å². The van der Waals surface area contributed by atoms with E-state index in [2.05, 4.69) is 17.4 Å². The molecule has 1 atom stereocenters. The number of hydrogen-bond acceptors (Lipinski definition) is 2. The molecule has 0 bridgehead atoms. The summed E-state index contributed by atoms with van der Waals surface area (Å²) in [6, 6.07) is 14.2. The molecular formula is C16H17NO. The van der Waals surface area contributed by atoms with Gasteiger partial charge in [0.15, 0.2) is 5.78 Å². The van der Waals surface area contributed by atoms with Gasteiger partial charge in [-0.05, 0) is 36.2 Å². The predicted molar refractivity (Wildman–Crippen MR) is 73.9 cm³/mol. The average molecular weight is 239 g/mol. The molecule has 1 heterocycles. The van der Waals surface area contributed by atoms with Crippen molar-refractivity contribution in [3.05, 3.63) is 48.0 Å². The van der Waals surface area contributed by atoms with Gasteiger partial charge in [0.25, 0.3) is 0 Å². The van der Waals surface area contributed by atoms with Crippen LogP contribution in [0.25, 0.3) is 10.8 Å². The molecule has 1 saturated heterocycles. The molecule has 0 spiro atoms. The lowest BCUT2D eigenvalue weighted by molar-refractivity contribution is 0.0900. The van der Waals surface area contributed by atoms with Crippen LogP contribution in [0.2, 0.25) is 0 Å². The van der Waals surface area contributed by atoms with Gasteiger partial charge in [-0.15, -0.1) is 0 Å². The van der Waals surface area contributed by atoms with Gasteiger partial charge in [-0.2, -0.15) is 0 Å². The molecule has 1 fully saturated rings. The molecule has 2 heteroatoms. The number of piperidine rings is 1. The third-order valence-corrected chi connectivity index (χ3v) is 3.70. The van der Waals surface area contributed by atoms with E-state index in [1.807, 2.05) is 30.3 Å². The highest BCUT2D eigenvalue weighted by Crippen LogP contribution is 2.20. The number of ketones is 1. The molecule has 0 aliphatic carbocycles. The van der Waals surface area contributed by atoms with Crippen molar-refractivity contribution in [2.24, 2.45) is 5.92 Å². The predicted octanol–water partition coefficient (Wildman–Crippen LogP) is 3.02. The average Bonchev–Trinajstić information content (AvgIpc) is 2.47. The molecule has 1 N–H and O–H groups in total. The fourth-order valence-corrected chi connectivity index (χ4v) is 2.65. The van der Waals surface area contributed by atoms with Gasteiger partial charge < -0.3 is 5.32 Å². The topological polar surface area (TPSA) is 29.1 Å². The van der Waals surface area contributed by atoms with Crippen LogP contribution in [0.4, 0.5) is 0 Å². The van der Waals surface area contributed by atoms with Crippen LogP contribution in [-0.2, 0) is 0 Å². The summed E-state index contributed by atoms with van der Waals surface area (Å²) in [6.45, 7) is 1.87. The highest BCUT2D eigenvalue weighted by Gasteiger charge is 2.22. The Morgan fingerprint density at radius 3 is 2.72 bits per heavy atom. The van der Waals surface area contributed by atoms with E-state index in [4.69, 9.17) is 0 Å². The fourth-order valence-electron chi connectivity index (χ4n) is 2.65. The van der Waals surface area contributed by atoms with E-state index in [-0.39, 0.29) is 11.7 Å². The Morgan fingerprint density at radius 1 is 1.11 bits per heavy atom. The van der Waals surface area contributed by atoms with Crippen molar-refractivity contribution in [1.82, 2.24) is 5.32 Å². The Kier molecular flexibility index (Phi) is 3.11. The van der Waals surface area contributed by atoms with E-state index in [1.165, 1.54) is 5.39 Å². The Hall–Kier alpha value is -1.67. The number of hydrogen-bond donors (Lipinski definition) is 1. The van der Waals surface area contributed by atoms with Crippen LogP contribution in [0, 0.1) is 5.92 Å². The zero-order valence-electron chi connectivity index (χ0n) is 10.4. The molecule has 1 aliphatic rings. The molecular weight excluding hydrogens is 222 g/mol. The second-order valence-electron chi connectivity index (χ2n) is 4.97. The summed E-state index contributed by atoms with van der Waals surface area (Å²) in [5.41, 5.74) is 0.849. The number of carbonyl (C=O) groups is 1. The number of Topliss-reactive ketones (excluding diaryl/α,β-unsaturated/α-hetero) is 1. The molecule has 0 saturated carbocycles. The summed E-state index contributed by atoms with van der Waals surface area (Å²) in [5.74, 6) is 0.438. The van der Waals surface area contributed by atoms with Crippen LogP contribution in [-0.4, -0.2) is 18.9 Å². The van der Waals surface area contributed by atoms with Crippen molar-refractivity contribution in [3.63, 3.8) is 0 Å². The smallest absolute Gasteiger partial charge is 0.167 e. The molecule has 0 aromatic heterocycles. The molecule has 0 amide bonds. The lowest BCUT2D eigenvalue weighted by Crippen LogP contribution is -2.34. The minimum absolute atomic E-state index is 0.153. The summed E-state index contributed by atoms with van der Waals surface area (Å²) < 4.78 is 0. The van der Waals surface area contributed by atoms with E-state index < -0.39 is 0 Å². The van der Waals surface area contributed by atoms with Crippen LogP contribution in [0.5, 0.6) is 0 Å². The van der Waals surface area contributed by atoms with Crippen LogP contribution in [0.15, 0.2) is 42.5 Å². The fraction of sp³-hybridized carbons (Fsp3) is 0.312. The van der Waals surface area contributed by atoms with Gasteiger partial charge in [0.2, 0.25) is 0 Å². The standard InChI is InChI=1S/C16H17NO/c18-16(15-6-3-9-17-11-15)14-8-7-12-4-1-2-5-13(12)10-14/h1-2,4-5,7-8,10,15,17H,3,6,9,11H2/t15-/m0/s1. The highest BCUT2D eigenvalue weighted by molar-refractivity contribution is 6.01.